The van der Waals surface area contributed by atoms with Crippen molar-refractivity contribution < 1.29 is 24.0 Å². The normalized spacial score (nSPS) is 9.75. The number of amides is 1. The lowest BCUT2D eigenvalue weighted by Gasteiger charge is -2.12. The van der Waals surface area contributed by atoms with Crippen LogP contribution in [0.2, 0.25) is 0 Å². The second-order valence-electron chi connectivity index (χ2n) is 3.70. The molecule has 1 aromatic rings. The van der Waals surface area contributed by atoms with Crippen LogP contribution in [0.1, 0.15) is 24.2 Å². The van der Waals surface area contributed by atoms with Gasteiger partial charge in [0.05, 0.1) is 18.6 Å². The van der Waals surface area contributed by atoms with E-state index in [0.29, 0.717) is 0 Å². The Kier molecular flexibility index (Phi) is 5.01. The van der Waals surface area contributed by atoms with Crippen LogP contribution in [0.5, 0.6) is 5.75 Å². The fourth-order valence-corrected chi connectivity index (χ4v) is 1.61. The minimum atomic E-state index is -0.869. The number of nitrogens with one attached hydrogen (secondary N) is 1. The van der Waals surface area contributed by atoms with Crippen LogP contribution >= 0.6 is 0 Å². The first kappa shape index (κ1) is 15.4. The van der Waals surface area contributed by atoms with Crippen LogP contribution < -0.4 is 10.1 Å². The summed E-state index contributed by atoms with van der Waals surface area (Å²) in [7, 11) is 1.11. The van der Waals surface area contributed by atoms with E-state index in [0.717, 1.165) is 7.11 Å². The predicted molar refractivity (Wildman–Crippen MR) is 69.9 cm³/mol. The number of carbonyl (C=O) groups is 2. The second-order valence-corrected chi connectivity index (χ2v) is 3.70. The molecule has 0 bridgehead atoms. The van der Waals surface area contributed by atoms with Gasteiger partial charge in [0.15, 0.2) is 5.69 Å². The SMILES string of the molecule is CCOc1ccc(C(=O)OC)c([N+](=O)[O-])c1NC(C)=O. The van der Waals surface area contributed by atoms with Crippen LogP contribution in [-0.4, -0.2) is 30.5 Å². The number of nitrogens with zero attached hydrogens (tertiary/aromatic N) is 1. The van der Waals surface area contributed by atoms with Crippen LogP contribution in [0, 0.1) is 10.1 Å². The number of hydrogen-bond donors (Lipinski definition) is 1. The third-order valence-electron chi connectivity index (χ3n) is 2.33. The highest BCUT2D eigenvalue weighted by atomic mass is 16.6. The Morgan fingerprint density at radius 3 is 2.50 bits per heavy atom. The topological polar surface area (TPSA) is 108 Å². The minimum Gasteiger partial charge on any atom is -0.491 e. The third-order valence-corrected chi connectivity index (χ3v) is 2.33. The summed E-state index contributed by atoms with van der Waals surface area (Å²) in [5, 5.41) is 13.5. The Balaban J connectivity index is 3.55. The lowest BCUT2D eigenvalue weighted by atomic mass is 10.1. The number of carbonyl (C=O) groups excluding carboxylic acids is 2. The largest absolute Gasteiger partial charge is 0.491 e. The van der Waals surface area contributed by atoms with E-state index in [1.165, 1.54) is 19.1 Å². The van der Waals surface area contributed by atoms with Crippen LogP contribution in [-0.2, 0) is 9.53 Å². The molecule has 0 radical (unpaired) electrons. The lowest BCUT2D eigenvalue weighted by Crippen LogP contribution is -2.13. The van der Waals surface area contributed by atoms with Crippen molar-refractivity contribution in [1.29, 1.82) is 0 Å². The van der Waals surface area contributed by atoms with E-state index in [2.05, 4.69) is 10.1 Å². The molecule has 0 saturated heterocycles. The van der Waals surface area contributed by atoms with Crippen molar-refractivity contribution in [3.8, 4) is 5.75 Å². The van der Waals surface area contributed by atoms with Gasteiger partial charge < -0.3 is 14.8 Å². The first-order valence-electron chi connectivity index (χ1n) is 5.72. The number of benzene rings is 1. The number of anilines is 1. The Bertz CT molecular complexity index is 555. The summed E-state index contributed by atoms with van der Waals surface area (Å²) in [4.78, 5) is 33.2. The van der Waals surface area contributed by atoms with Gasteiger partial charge in [0, 0.05) is 6.92 Å². The van der Waals surface area contributed by atoms with Gasteiger partial charge in [-0.1, -0.05) is 0 Å². The minimum absolute atomic E-state index is 0.113. The van der Waals surface area contributed by atoms with E-state index in [4.69, 9.17) is 4.74 Å². The molecule has 0 spiro atoms. The Hall–Kier alpha value is -2.64. The van der Waals surface area contributed by atoms with E-state index >= 15 is 0 Å². The monoisotopic (exact) mass is 282 g/mol. The van der Waals surface area contributed by atoms with Crippen molar-refractivity contribution in [3.05, 3.63) is 27.8 Å². The highest BCUT2D eigenvalue weighted by Crippen LogP contribution is 2.37. The lowest BCUT2D eigenvalue weighted by molar-refractivity contribution is -0.384. The van der Waals surface area contributed by atoms with Gasteiger partial charge in [0.2, 0.25) is 5.91 Å². The molecule has 1 rings (SSSR count). The average Bonchev–Trinajstić information content (AvgIpc) is 2.38. The standard InChI is InChI=1S/C12H14N2O6/c1-4-20-9-6-5-8(12(16)19-3)11(14(17)18)10(9)13-7(2)15/h5-6H,4H2,1-3H3,(H,13,15). The van der Waals surface area contributed by atoms with Crippen molar-refractivity contribution in [1.82, 2.24) is 0 Å². The maximum absolute atomic E-state index is 11.6. The van der Waals surface area contributed by atoms with Crippen molar-refractivity contribution in [2.24, 2.45) is 0 Å². The zero-order valence-corrected chi connectivity index (χ0v) is 11.3. The molecule has 0 heterocycles. The van der Waals surface area contributed by atoms with Crippen LogP contribution in [0.3, 0.4) is 0 Å². The molecule has 1 amide bonds. The van der Waals surface area contributed by atoms with E-state index in [-0.39, 0.29) is 23.6 Å². The molecule has 0 aliphatic rings. The van der Waals surface area contributed by atoms with Gasteiger partial charge in [0.25, 0.3) is 0 Å². The molecule has 0 aliphatic heterocycles. The van der Waals surface area contributed by atoms with Crippen molar-refractivity contribution in [2.75, 3.05) is 19.0 Å². The maximum atomic E-state index is 11.6. The summed E-state index contributed by atoms with van der Waals surface area (Å²) in [6, 6.07) is 2.59. The molecule has 108 valence electrons. The molecule has 0 aliphatic carbocycles. The summed E-state index contributed by atoms with van der Waals surface area (Å²) >= 11 is 0. The smallest absolute Gasteiger partial charge is 0.344 e. The number of esters is 1. The molecule has 0 atom stereocenters. The molecule has 0 unspecified atom stereocenters. The van der Waals surface area contributed by atoms with Gasteiger partial charge in [-0.2, -0.15) is 0 Å². The van der Waals surface area contributed by atoms with Gasteiger partial charge >= 0.3 is 11.7 Å². The molecular weight excluding hydrogens is 268 g/mol. The Morgan fingerprint density at radius 1 is 1.40 bits per heavy atom. The molecule has 0 fully saturated rings. The van der Waals surface area contributed by atoms with Crippen molar-refractivity contribution in [2.45, 2.75) is 13.8 Å². The van der Waals surface area contributed by atoms with Gasteiger partial charge in [-0.25, -0.2) is 4.79 Å². The first-order chi connectivity index (χ1) is 9.42. The molecule has 1 N–H and O–H groups in total. The molecule has 8 nitrogen and oxygen atoms in total. The summed E-state index contributed by atoms with van der Waals surface area (Å²) in [6.45, 7) is 3.14. The molecule has 0 saturated carbocycles. The quantitative estimate of drug-likeness (QED) is 0.500. The number of ether oxygens (including phenoxy) is 2. The van der Waals surface area contributed by atoms with Crippen molar-refractivity contribution >= 4 is 23.3 Å². The van der Waals surface area contributed by atoms with E-state index in [1.807, 2.05) is 0 Å². The summed E-state index contributed by atoms with van der Waals surface area (Å²) in [6.07, 6.45) is 0. The highest BCUT2D eigenvalue weighted by Gasteiger charge is 2.29. The summed E-state index contributed by atoms with van der Waals surface area (Å²) in [5.41, 5.74) is -0.977. The molecule has 1 aromatic carbocycles. The highest BCUT2D eigenvalue weighted by molar-refractivity contribution is 6.01. The number of nitro benzene ring substituents is 1. The fourth-order valence-electron chi connectivity index (χ4n) is 1.61. The Morgan fingerprint density at radius 2 is 2.05 bits per heavy atom. The van der Waals surface area contributed by atoms with Gasteiger partial charge in [-0.05, 0) is 19.1 Å². The second kappa shape index (κ2) is 6.50. The predicted octanol–water partition coefficient (Wildman–Crippen LogP) is 1.74. The zero-order chi connectivity index (χ0) is 15.3. The third kappa shape index (κ3) is 3.22. The van der Waals surface area contributed by atoms with Gasteiger partial charge in [-0.15, -0.1) is 0 Å². The number of rotatable bonds is 5. The molecule has 20 heavy (non-hydrogen) atoms. The van der Waals surface area contributed by atoms with Gasteiger partial charge in [0.1, 0.15) is 11.3 Å². The van der Waals surface area contributed by atoms with Crippen molar-refractivity contribution in [3.63, 3.8) is 0 Å². The molecular formula is C12H14N2O6. The first-order valence-corrected chi connectivity index (χ1v) is 5.72. The number of nitro groups is 1. The van der Waals surface area contributed by atoms with Crippen LogP contribution in [0.4, 0.5) is 11.4 Å². The number of methoxy groups -OCH3 is 1. The number of hydrogen-bond acceptors (Lipinski definition) is 6. The van der Waals surface area contributed by atoms with E-state index < -0.39 is 22.5 Å². The van der Waals surface area contributed by atoms with Gasteiger partial charge in [-0.3, -0.25) is 14.9 Å². The summed E-state index contributed by atoms with van der Waals surface area (Å²) in [5.74, 6) is -1.27. The Labute approximate surface area is 114 Å². The molecule has 8 heteroatoms. The van der Waals surface area contributed by atoms with E-state index in [1.54, 1.807) is 6.92 Å². The summed E-state index contributed by atoms with van der Waals surface area (Å²) < 4.78 is 9.72. The molecule has 0 aromatic heterocycles. The maximum Gasteiger partial charge on any atom is 0.344 e. The average molecular weight is 282 g/mol. The van der Waals surface area contributed by atoms with Crippen LogP contribution in [0.15, 0.2) is 12.1 Å². The van der Waals surface area contributed by atoms with E-state index in [9.17, 15) is 19.7 Å². The zero-order valence-electron chi connectivity index (χ0n) is 11.3. The van der Waals surface area contributed by atoms with Crippen LogP contribution in [0.25, 0.3) is 0 Å². The fraction of sp³-hybridized carbons (Fsp3) is 0.333.